The summed E-state index contributed by atoms with van der Waals surface area (Å²) < 4.78 is 7.11. The molecule has 0 aliphatic rings. The summed E-state index contributed by atoms with van der Waals surface area (Å²) in [7, 11) is 1.61. The smallest absolute Gasteiger partial charge is 0.360 e. The van der Waals surface area contributed by atoms with Crippen LogP contribution in [-0.2, 0) is 11.5 Å². The second kappa shape index (κ2) is 11.5. The fourth-order valence-corrected chi connectivity index (χ4v) is 4.68. The van der Waals surface area contributed by atoms with Crippen LogP contribution in [0, 0.1) is 0 Å². The maximum atomic E-state index is 12.5. The van der Waals surface area contributed by atoms with Crippen LogP contribution in [0.25, 0.3) is 23.1 Å². The molecule has 0 spiro atoms. The molecule has 0 radical (unpaired) electrons. The highest BCUT2D eigenvalue weighted by Gasteiger charge is 2.15. The number of esters is 1. The molecule has 0 aliphatic carbocycles. The number of hydrogen-bond acceptors (Lipinski definition) is 8. The van der Waals surface area contributed by atoms with Crippen LogP contribution in [0.3, 0.4) is 0 Å². The summed E-state index contributed by atoms with van der Waals surface area (Å²) in [6.45, 7) is -0.119. The van der Waals surface area contributed by atoms with E-state index in [1.807, 2.05) is 66.7 Å². The number of benzene rings is 2. The van der Waals surface area contributed by atoms with E-state index in [0.29, 0.717) is 11.3 Å². The summed E-state index contributed by atoms with van der Waals surface area (Å²) in [5.41, 5.74) is 2.96. The van der Waals surface area contributed by atoms with E-state index >= 15 is 0 Å². The molecular formula is C28H22N6O3S. The van der Waals surface area contributed by atoms with Gasteiger partial charge in [0.05, 0.1) is 28.7 Å². The quantitative estimate of drug-likeness (QED) is 0.292. The van der Waals surface area contributed by atoms with E-state index in [2.05, 4.69) is 20.3 Å². The Morgan fingerprint density at radius 2 is 1.87 bits per heavy atom. The Morgan fingerprint density at radius 1 is 1.00 bits per heavy atom. The second-order valence-electron chi connectivity index (χ2n) is 7.98. The molecule has 2 aromatic carbocycles. The number of ether oxygens (including phenoxy) is 1. The lowest BCUT2D eigenvalue weighted by Gasteiger charge is -2.09. The number of nitrogens with one attached hydrogen (secondary N) is 1. The molecule has 5 rings (SSSR count). The zero-order chi connectivity index (χ0) is 26.3. The van der Waals surface area contributed by atoms with Gasteiger partial charge in [0.2, 0.25) is 0 Å². The topological polar surface area (TPSA) is 112 Å². The Kier molecular flexibility index (Phi) is 7.51. The molecule has 5 aromatic rings. The van der Waals surface area contributed by atoms with Crippen molar-refractivity contribution in [1.29, 1.82) is 0 Å². The summed E-state index contributed by atoms with van der Waals surface area (Å²) in [6.07, 6.45) is 9.74. The highest BCUT2D eigenvalue weighted by atomic mass is 32.2. The monoisotopic (exact) mass is 522 g/mol. The van der Waals surface area contributed by atoms with Gasteiger partial charge in [-0.15, -0.1) is 0 Å². The molecule has 10 heteroatoms. The third kappa shape index (κ3) is 5.60. The zero-order valence-corrected chi connectivity index (χ0v) is 21.1. The first kappa shape index (κ1) is 24.8. The molecule has 0 atom stereocenters. The molecule has 3 heterocycles. The fourth-order valence-electron chi connectivity index (χ4n) is 3.71. The number of rotatable bonds is 8. The zero-order valence-electron chi connectivity index (χ0n) is 20.3. The third-order valence-corrected chi connectivity index (χ3v) is 6.59. The summed E-state index contributed by atoms with van der Waals surface area (Å²) in [6, 6.07) is 19.0. The molecule has 1 N–H and O–H groups in total. The van der Waals surface area contributed by atoms with Gasteiger partial charge in [-0.3, -0.25) is 14.8 Å². The van der Waals surface area contributed by atoms with Crippen LogP contribution >= 0.6 is 11.8 Å². The van der Waals surface area contributed by atoms with Gasteiger partial charge in [-0.2, -0.15) is 5.10 Å². The van der Waals surface area contributed by atoms with E-state index in [1.165, 1.54) is 30.4 Å². The van der Waals surface area contributed by atoms with Gasteiger partial charge in [-0.25, -0.2) is 14.5 Å². The number of amides is 1. The van der Waals surface area contributed by atoms with Gasteiger partial charge in [0, 0.05) is 40.8 Å². The van der Waals surface area contributed by atoms with Crippen LogP contribution in [0.15, 0.2) is 95.2 Å². The minimum atomic E-state index is -0.600. The maximum absolute atomic E-state index is 12.5. The molecular weight excluding hydrogens is 500 g/mol. The van der Waals surface area contributed by atoms with Crippen molar-refractivity contribution in [2.24, 2.45) is 0 Å². The average Bonchev–Trinajstić information content (AvgIpc) is 3.32. The first-order valence-corrected chi connectivity index (χ1v) is 12.5. The fraction of sp³-hybridized carbons (Fsp3) is 0.0714. The van der Waals surface area contributed by atoms with E-state index in [-0.39, 0.29) is 18.3 Å². The summed E-state index contributed by atoms with van der Waals surface area (Å²) in [5, 5.41) is 8.25. The summed E-state index contributed by atoms with van der Waals surface area (Å²) in [4.78, 5) is 38.8. The van der Waals surface area contributed by atoms with E-state index in [4.69, 9.17) is 9.84 Å². The first-order valence-electron chi connectivity index (χ1n) is 11.6. The van der Waals surface area contributed by atoms with Gasteiger partial charge in [0.1, 0.15) is 0 Å². The molecule has 0 saturated heterocycles. The molecule has 0 saturated carbocycles. The van der Waals surface area contributed by atoms with Crippen molar-refractivity contribution in [3.05, 3.63) is 108 Å². The normalized spacial score (nSPS) is 11.1. The van der Waals surface area contributed by atoms with Crippen molar-refractivity contribution in [3.8, 4) is 0 Å². The van der Waals surface area contributed by atoms with Crippen LogP contribution in [0.1, 0.15) is 32.2 Å². The van der Waals surface area contributed by atoms with Gasteiger partial charge in [-0.1, -0.05) is 30.0 Å². The third-order valence-electron chi connectivity index (χ3n) is 5.53. The number of carbonyl (C=O) groups is 2. The number of hydrogen-bond donors (Lipinski definition) is 1. The Morgan fingerprint density at radius 3 is 2.66 bits per heavy atom. The molecule has 0 aliphatic heterocycles. The molecule has 38 heavy (non-hydrogen) atoms. The van der Waals surface area contributed by atoms with Crippen LogP contribution in [0.4, 0.5) is 0 Å². The molecule has 0 fully saturated rings. The SMILES string of the molecule is CNC(=O)c1ccccc1Sc1ccc2c(/C=C/c3ccccn3)nn(COC(=O)c3cnccn3)c2c1. The van der Waals surface area contributed by atoms with Gasteiger partial charge in [0.25, 0.3) is 5.91 Å². The van der Waals surface area contributed by atoms with Crippen LogP contribution in [-0.4, -0.2) is 43.7 Å². The molecule has 0 bridgehead atoms. The molecule has 9 nitrogen and oxygen atoms in total. The second-order valence-corrected chi connectivity index (χ2v) is 9.10. The predicted molar refractivity (Wildman–Crippen MR) is 144 cm³/mol. The van der Waals surface area contributed by atoms with E-state index in [0.717, 1.165) is 26.4 Å². The maximum Gasteiger partial charge on any atom is 0.360 e. The highest BCUT2D eigenvalue weighted by Crippen LogP contribution is 2.33. The Bertz CT molecular complexity index is 1620. The largest absolute Gasteiger partial charge is 0.438 e. The minimum absolute atomic E-state index is 0.112. The van der Waals surface area contributed by atoms with Crippen molar-refractivity contribution in [1.82, 2.24) is 30.0 Å². The predicted octanol–water partition coefficient (Wildman–Crippen LogP) is 4.72. The van der Waals surface area contributed by atoms with Gasteiger partial charge >= 0.3 is 5.97 Å². The van der Waals surface area contributed by atoms with E-state index in [9.17, 15) is 9.59 Å². The number of pyridine rings is 1. The lowest BCUT2D eigenvalue weighted by atomic mass is 10.2. The standard InChI is InChI=1S/C28H22N6O3S/c1-29-27(35)22-7-2-3-8-26(22)38-20-10-11-21-23(12-9-19-6-4-5-13-31-19)33-34(25(21)16-20)18-37-28(36)24-17-30-14-15-32-24/h2-17H,18H2,1H3,(H,29,35)/b12-9+. The first-order chi connectivity index (χ1) is 18.6. The lowest BCUT2D eigenvalue weighted by Crippen LogP contribution is -2.18. The highest BCUT2D eigenvalue weighted by molar-refractivity contribution is 7.99. The van der Waals surface area contributed by atoms with Crippen LogP contribution in [0.5, 0.6) is 0 Å². The van der Waals surface area contributed by atoms with Crippen molar-refractivity contribution < 1.29 is 14.3 Å². The van der Waals surface area contributed by atoms with Gasteiger partial charge < -0.3 is 10.1 Å². The van der Waals surface area contributed by atoms with Crippen molar-refractivity contribution in [2.45, 2.75) is 16.5 Å². The molecule has 188 valence electrons. The van der Waals surface area contributed by atoms with E-state index in [1.54, 1.807) is 24.0 Å². The Balaban J connectivity index is 1.49. The number of fused-ring (bicyclic) bond motifs is 1. The molecule has 3 aromatic heterocycles. The van der Waals surface area contributed by atoms with Crippen molar-refractivity contribution in [3.63, 3.8) is 0 Å². The Hall–Kier alpha value is -4.83. The Labute approximate surface area is 222 Å². The molecule has 1 amide bonds. The summed E-state index contributed by atoms with van der Waals surface area (Å²) in [5.74, 6) is -0.755. The summed E-state index contributed by atoms with van der Waals surface area (Å²) >= 11 is 1.47. The number of carbonyl (C=O) groups excluding carboxylic acids is 2. The van der Waals surface area contributed by atoms with Crippen molar-refractivity contribution >= 4 is 46.7 Å². The number of nitrogens with zero attached hydrogens (tertiary/aromatic N) is 5. The van der Waals surface area contributed by atoms with Gasteiger partial charge in [-0.05, 0) is 54.6 Å². The average molecular weight is 523 g/mol. The number of aromatic nitrogens is 5. The lowest BCUT2D eigenvalue weighted by molar-refractivity contribution is 0.0350. The van der Waals surface area contributed by atoms with Crippen LogP contribution in [0.2, 0.25) is 0 Å². The molecule has 0 unspecified atom stereocenters. The van der Waals surface area contributed by atoms with E-state index < -0.39 is 5.97 Å². The van der Waals surface area contributed by atoms with Crippen molar-refractivity contribution in [2.75, 3.05) is 7.05 Å². The van der Waals surface area contributed by atoms with Gasteiger partial charge in [0.15, 0.2) is 12.4 Å². The van der Waals surface area contributed by atoms with Crippen LogP contribution < -0.4 is 5.32 Å². The minimum Gasteiger partial charge on any atom is -0.438 e.